The van der Waals surface area contributed by atoms with Crippen molar-refractivity contribution in [1.29, 1.82) is 5.26 Å². The summed E-state index contributed by atoms with van der Waals surface area (Å²) in [5, 5.41) is 8.40. The van der Waals surface area contributed by atoms with E-state index in [0.29, 0.717) is 22.9 Å². The fourth-order valence-corrected chi connectivity index (χ4v) is 1.73. The van der Waals surface area contributed by atoms with Crippen LogP contribution in [0.5, 0.6) is 17.2 Å². The van der Waals surface area contributed by atoms with E-state index in [-0.39, 0.29) is 0 Å². The van der Waals surface area contributed by atoms with E-state index in [0.717, 1.165) is 0 Å². The Morgan fingerprint density at radius 3 is 2.21 bits per heavy atom. The first-order valence-electron chi connectivity index (χ1n) is 6.84. The van der Waals surface area contributed by atoms with E-state index in [2.05, 4.69) is 9.73 Å². The maximum absolute atomic E-state index is 12.0. The normalized spacial score (nSPS) is 10.7. The fourth-order valence-electron chi connectivity index (χ4n) is 1.73. The Morgan fingerprint density at radius 1 is 1.04 bits per heavy atom. The van der Waals surface area contributed by atoms with Gasteiger partial charge in [0.2, 0.25) is 6.08 Å². The van der Waals surface area contributed by atoms with Crippen molar-refractivity contribution < 1.29 is 23.8 Å². The minimum atomic E-state index is -0.847. The number of carbonyl (C=O) groups excluding carboxylic acids is 2. The predicted molar refractivity (Wildman–Crippen MR) is 82.6 cm³/mol. The summed E-state index contributed by atoms with van der Waals surface area (Å²) in [6, 6.07) is 12.3. The first-order valence-corrected chi connectivity index (χ1v) is 6.84. The number of esters is 1. The second kappa shape index (κ2) is 8.13. The van der Waals surface area contributed by atoms with Gasteiger partial charge in [0, 0.05) is 0 Å². The van der Waals surface area contributed by atoms with Crippen LogP contribution < -0.4 is 14.2 Å². The molecule has 1 atom stereocenters. The molecule has 0 aromatic heterocycles. The zero-order valence-electron chi connectivity index (χ0n) is 12.6. The van der Waals surface area contributed by atoms with E-state index in [1.54, 1.807) is 37.4 Å². The van der Waals surface area contributed by atoms with E-state index in [4.69, 9.17) is 14.7 Å². The van der Waals surface area contributed by atoms with Gasteiger partial charge in [-0.3, -0.25) is 0 Å². The number of nitrogens with zero attached hydrogens (tertiary/aromatic N) is 2. The Morgan fingerprint density at radius 2 is 1.62 bits per heavy atom. The summed E-state index contributed by atoms with van der Waals surface area (Å²) >= 11 is 0. The Bertz CT molecular complexity index is 787. The van der Waals surface area contributed by atoms with Crippen molar-refractivity contribution in [3.8, 4) is 23.5 Å². The first kappa shape index (κ1) is 16.7. The lowest BCUT2D eigenvalue weighted by Gasteiger charge is -2.14. The first-order chi connectivity index (χ1) is 11.6. The average molecular weight is 324 g/mol. The second-order valence-corrected chi connectivity index (χ2v) is 4.54. The van der Waals surface area contributed by atoms with Gasteiger partial charge in [-0.1, -0.05) is 0 Å². The highest BCUT2D eigenvalue weighted by atomic mass is 16.6. The molecular formula is C17H12N2O5. The summed E-state index contributed by atoms with van der Waals surface area (Å²) in [6.45, 7) is 1.55. The third-order valence-electron chi connectivity index (χ3n) is 2.86. The Kier molecular flexibility index (Phi) is 5.67. The molecule has 0 bridgehead atoms. The molecule has 0 heterocycles. The van der Waals surface area contributed by atoms with E-state index in [9.17, 15) is 9.59 Å². The standard InChI is InChI=1S/C17H12N2O5/c1-12(23-15-8-6-14(7-9-15)22-10-18)17(21)24-16-4-2-13(3-5-16)19-11-20/h2-9,12H,1H3. The molecule has 1 unspecified atom stereocenters. The van der Waals surface area contributed by atoms with Crippen molar-refractivity contribution in [3.05, 3.63) is 48.5 Å². The van der Waals surface area contributed by atoms with Gasteiger partial charge < -0.3 is 14.2 Å². The maximum atomic E-state index is 12.0. The summed E-state index contributed by atoms with van der Waals surface area (Å²) in [7, 11) is 0. The van der Waals surface area contributed by atoms with Gasteiger partial charge in [0.15, 0.2) is 6.10 Å². The van der Waals surface area contributed by atoms with Crippen LogP contribution in [0.4, 0.5) is 5.69 Å². The number of aliphatic imine (C=N–C) groups is 1. The van der Waals surface area contributed by atoms with Crippen molar-refractivity contribution in [1.82, 2.24) is 0 Å². The molecule has 0 fully saturated rings. The van der Waals surface area contributed by atoms with Crippen LogP contribution in [-0.2, 0) is 9.59 Å². The molecule has 2 aromatic carbocycles. The van der Waals surface area contributed by atoms with Gasteiger partial charge in [0.25, 0.3) is 6.26 Å². The number of benzene rings is 2. The van der Waals surface area contributed by atoms with Gasteiger partial charge in [-0.2, -0.15) is 4.99 Å². The molecule has 0 N–H and O–H groups in total. The lowest BCUT2D eigenvalue weighted by Crippen LogP contribution is -2.28. The predicted octanol–water partition coefficient (Wildman–Crippen LogP) is 2.89. The minimum absolute atomic E-state index is 0.304. The number of carbonyl (C=O) groups is 1. The summed E-state index contributed by atoms with van der Waals surface area (Å²) in [5.41, 5.74) is 0.411. The molecule has 0 aliphatic heterocycles. The van der Waals surface area contributed by atoms with Crippen molar-refractivity contribution in [2.45, 2.75) is 13.0 Å². The number of hydrogen-bond donors (Lipinski definition) is 0. The molecule has 7 heteroatoms. The highest BCUT2D eigenvalue weighted by Gasteiger charge is 2.17. The van der Waals surface area contributed by atoms with E-state index in [1.165, 1.54) is 30.3 Å². The van der Waals surface area contributed by atoms with Crippen LogP contribution in [0.2, 0.25) is 0 Å². The van der Waals surface area contributed by atoms with Gasteiger partial charge >= 0.3 is 5.97 Å². The van der Waals surface area contributed by atoms with Crippen LogP contribution in [0.15, 0.2) is 53.5 Å². The molecule has 0 spiro atoms. The third-order valence-corrected chi connectivity index (χ3v) is 2.86. The smallest absolute Gasteiger partial charge is 0.352 e. The molecule has 0 aliphatic carbocycles. The fraction of sp³-hybridized carbons (Fsp3) is 0.118. The van der Waals surface area contributed by atoms with Gasteiger partial charge in [-0.05, 0) is 55.5 Å². The number of ether oxygens (including phenoxy) is 3. The second-order valence-electron chi connectivity index (χ2n) is 4.54. The molecule has 2 rings (SSSR count). The van der Waals surface area contributed by atoms with Gasteiger partial charge in [0.1, 0.15) is 17.2 Å². The zero-order valence-corrected chi connectivity index (χ0v) is 12.6. The highest BCUT2D eigenvalue weighted by molar-refractivity contribution is 5.77. The van der Waals surface area contributed by atoms with Gasteiger partial charge in [-0.25, -0.2) is 9.59 Å². The molecule has 0 saturated heterocycles. The third kappa shape index (κ3) is 4.70. The molecule has 2 aromatic rings. The van der Waals surface area contributed by atoms with Crippen molar-refractivity contribution in [2.24, 2.45) is 4.99 Å². The summed E-state index contributed by atoms with van der Waals surface area (Å²) < 4.78 is 15.3. The molecule has 0 saturated carbocycles. The SMILES string of the molecule is CC(Oc1ccc(OC#N)cc1)C(=O)Oc1ccc(N=C=O)cc1. The summed E-state index contributed by atoms with van der Waals surface area (Å²) in [6.07, 6.45) is 2.13. The number of isocyanates is 1. The molecule has 0 radical (unpaired) electrons. The lowest BCUT2D eigenvalue weighted by molar-refractivity contribution is -0.141. The Labute approximate surface area is 137 Å². The largest absolute Gasteiger partial charge is 0.479 e. The van der Waals surface area contributed by atoms with E-state index < -0.39 is 12.1 Å². The molecular weight excluding hydrogens is 312 g/mol. The molecule has 120 valence electrons. The number of hydrogen-bond acceptors (Lipinski definition) is 7. The highest BCUT2D eigenvalue weighted by Crippen LogP contribution is 2.20. The molecule has 7 nitrogen and oxygen atoms in total. The van der Waals surface area contributed by atoms with Gasteiger partial charge in [-0.15, -0.1) is 5.26 Å². The van der Waals surface area contributed by atoms with E-state index >= 15 is 0 Å². The van der Waals surface area contributed by atoms with Crippen LogP contribution in [0, 0.1) is 11.5 Å². The monoisotopic (exact) mass is 324 g/mol. The summed E-state index contributed by atoms with van der Waals surface area (Å²) in [5.74, 6) is 0.524. The van der Waals surface area contributed by atoms with Crippen molar-refractivity contribution in [3.63, 3.8) is 0 Å². The Balaban J connectivity index is 1.94. The van der Waals surface area contributed by atoms with Crippen LogP contribution >= 0.6 is 0 Å². The van der Waals surface area contributed by atoms with E-state index in [1.807, 2.05) is 0 Å². The van der Waals surface area contributed by atoms with Crippen LogP contribution in [0.3, 0.4) is 0 Å². The van der Waals surface area contributed by atoms with Crippen LogP contribution in [0.25, 0.3) is 0 Å². The summed E-state index contributed by atoms with van der Waals surface area (Å²) in [4.78, 5) is 25.6. The number of rotatable bonds is 6. The maximum Gasteiger partial charge on any atom is 0.352 e. The Hall–Kier alpha value is -3.62. The molecule has 0 aliphatic rings. The molecule has 0 amide bonds. The molecule has 24 heavy (non-hydrogen) atoms. The zero-order chi connectivity index (χ0) is 17.4. The minimum Gasteiger partial charge on any atom is -0.479 e. The van der Waals surface area contributed by atoms with Crippen LogP contribution in [0.1, 0.15) is 6.92 Å². The quantitative estimate of drug-likeness (QED) is 0.266. The van der Waals surface area contributed by atoms with Gasteiger partial charge in [0.05, 0.1) is 5.69 Å². The lowest BCUT2D eigenvalue weighted by atomic mass is 10.3. The van der Waals surface area contributed by atoms with Crippen molar-refractivity contribution >= 4 is 17.7 Å². The van der Waals surface area contributed by atoms with Crippen molar-refractivity contribution in [2.75, 3.05) is 0 Å². The average Bonchev–Trinajstić information content (AvgIpc) is 2.59. The number of nitriles is 1. The van der Waals surface area contributed by atoms with Crippen LogP contribution in [-0.4, -0.2) is 18.2 Å². The topological polar surface area (TPSA) is 98.0 Å².